The van der Waals surface area contributed by atoms with Gasteiger partial charge in [0.2, 0.25) is 11.5 Å². The van der Waals surface area contributed by atoms with Crippen LogP contribution in [0.3, 0.4) is 0 Å². The van der Waals surface area contributed by atoms with Crippen LogP contribution in [0.5, 0.6) is 34.5 Å². The Kier molecular flexibility index (Phi) is 8.94. The molecule has 0 saturated carbocycles. The van der Waals surface area contributed by atoms with Crippen molar-refractivity contribution >= 4 is 0 Å². The molecule has 4 rings (SSSR count). The summed E-state index contributed by atoms with van der Waals surface area (Å²) in [6.45, 7) is -0.504. The van der Waals surface area contributed by atoms with Crippen LogP contribution in [0.4, 0.5) is 0 Å². The van der Waals surface area contributed by atoms with E-state index in [1.165, 1.54) is 28.4 Å². The highest BCUT2D eigenvalue weighted by atomic mass is 16.7. The maximum atomic E-state index is 11.0. The third-order valence-corrected chi connectivity index (χ3v) is 7.60. The molecule has 1 saturated heterocycles. The first kappa shape index (κ1) is 29.0. The van der Waals surface area contributed by atoms with Gasteiger partial charge in [0.25, 0.3) is 0 Å². The lowest BCUT2D eigenvalue weighted by atomic mass is 9.66. The minimum absolute atomic E-state index is 0.0542. The molecule has 0 radical (unpaired) electrons. The van der Waals surface area contributed by atoms with Gasteiger partial charge in [0.05, 0.1) is 41.7 Å². The molecule has 2 aromatic carbocycles. The van der Waals surface area contributed by atoms with E-state index in [9.17, 15) is 30.6 Å². The van der Waals surface area contributed by atoms with Crippen molar-refractivity contribution < 1.29 is 59.1 Å². The molecule has 0 bridgehead atoms. The second-order valence-electron chi connectivity index (χ2n) is 9.68. The molecular formula is C27H36O12. The van der Waals surface area contributed by atoms with Crippen molar-refractivity contribution in [3.63, 3.8) is 0 Å². The molecule has 12 nitrogen and oxygen atoms in total. The van der Waals surface area contributed by atoms with E-state index in [1.807, 2.05) is 0 Å². The predicted octanol–water partition coefficient (Wildman–Crippen LogP) is 0.500. The Hall–Kier alpha value is -3.00. The van der Waals surface area contributed by atoms with Gasteiger partial charge in [-0.15, -0.1) is 0 Å². The molecule has 1 fully saturated rings. The zero-order valence-corrected chi connectivity index (χ0v) is 22.2. The van der Waals surface area contributed by atoms with Crippen LogP contribution in [-0.2, 0) is 15.9 Å². The van der Waals surface area contributed by atoms with Crippen LogP contribution in [0.15, 0.2) is 18.2 Å². The number of methoxy groups -OCH3 is 4. The van der Waals surface area contributed by atoms with Crippen molar-refractivity contribution in [2.75, 3.05) is 48.3 Å². The number of phenols is 2. The molecule has 1 aliphatic carbocycles. The number of benzene rings is 2. The van der Waals surface area contributed by atoms with Crippen LogP contribution in [0.25, 0.3) is 0 Å². The molecule has 1 heterocycles. The summed E-state index contributed by atoms with van der Waals surface area (Å²) in [6, 6.07) is 4.96. The summed E-state index contributed by atoms with van der Waals surface area (Å²) in [7, 11) is 5.66. The average Bonchev–Trinajstić information content (AvgIpc) is 2.94. The first-order valence-electron chi connectivity index (χ1n) is 12.5. The number of fused-ring (bicyclic) bond motifs is 1. The molecule has 2 unspecified atom stereocenters. The number of hydrogen-bond donors (Lipinski definition) is 6. The summed E-state index contributed by atoms with van der Waals surface area (Å²) >= 11 is 0. The third kappa shape index (κ3) is 5.28. The molecule has 0 amide bonds. The standard InChI is InChI=1S/C27H36O12/c1-34-17-7-13(8-18(35-2)23(17)31)20-15(10-38-27-25(33)22(30)16(29)11-39-27)14(9-28)5-12-6-19(36-3)24(32)26(37-4)21(12)20/h6-8,14-16,20,22,25,27-33H,5,9-11H2,1-4H3/t14-,15?,16-,20?,22+,25+,27+/m0/s1. The number of ether oxygens (including phenoxy) is 6. The van der Waals surface area contributed by atoms with Crippen molar-refractivity contribution in [2.45, 2.75) is 36.9 Å². The summed E-state index contributed by atoms with van der Waals surface area (Å²) in [6.07, 6.45) is -5.04. The summed E-state index contributed by atoms with van der Waals surface area (Å²) in [5, 5.41) is 62.3. The highest BCUT2D eigenvalue weighted by Crippen LogP contribution is 2.54. The van der Waals surface area contributed by atoms with Crippen molar-refractivity contribution in [3.8, 4) is 34.5 Å². The minimum Gasteiger partial charge on any atom is -0.502 e. The fourth-order valence-electron chi connectivity index (χ4n) is 5.55. The second kappa shape index (κ2) is 12.0. The first-order chi connectivity index (χ1) is 18.7. The Morgan fingerprint density at radius 1 is 0.846 bits per heavy atom. The molecule has 0 spiro atoms. The maximum absolute atomic E-state index is 11.0. The van der Waals surface area contributed by atoms with Crippen LogP contribution in [-0.4, -0.2) is 104 Å². The highest BCUT2D eigenvalue weighted by molar-refractivity contribution is 5.64. The molecule has 1 aliphatic heterocycles. The molecule has 216 valence electrons. The Labute approximate surface area is 225 Å². The molecule has 2 aromatic rings. The van der Waals surface area contributed by atoms with Crippen molar-refractivity contribution in [3.05, 3.63) is 34.9 Å². The lowest BCUT2D eigenvalue weighted by Crippen LogP contribution is -2.54. The molecule has 6 N–H and O–H groups in total. The second-order valence-corrected chi connectivity index (χ2v) is 9.68. The Morgan fingerprint density at radius 2 is 1.46 bits per heavy atom. The maximum Gasteiger partial charge on any atom is 0.201 e. The SMILES string of the molecule is COc1cc(C2c3c(cc(OC)c(O)c3OC)C[C@@H](CO)C2CO[C@@H]2OC[C@H](O)[C@@H](O)[C@H]2O)cc(OC)c1O. The van der Waals surface area contributed by atoms with Crippen LogP contribution >= 0.6 is 0 Å². The molecule has 7 atom stereocenters. The highest BCUT2D eigenvalue weighted by Gasteiger charge is 2.44. The Morgan fingerprint density at radius 3 is 2.03 bits per heavy atom. The van der Waals surface area contributed by atoms with E-state index < -0.39 is 36.4 Å². The number of aliphatic hydroxyl groups excluding tert-OH is 4. The van der Waals surface area contributed by atoms with Crippen LogP contribution < -0.4 is 18.9 Å². The molecule has 2 aliphatic rings. The Balaban J connectivity index is 1.86. The van der Waals surface area contributed by atoms with E-state index in [2.05, 4.69) is 0 Å². The first-order valence-corrected chi connectivity index (χ1v) is 12.5. The van der Waals surface area contributed by atoms with Gasteiger partial charge in [0.15, 0.2) is 29.3 Å². The van der Waals surface area contributed by atoms with Crippen LogP contribution in [0, 0.1) is 11.8 Å². The van der Waals surface area contributed by atoms with Gasteiger partial charge in [0, 0.05) is 18.1 Å². The third-order valence-electron chi connectivity index (χ3n) is 7.60. The zero-order valence-electron chi connectivity index (χ0n) is 22.2. The molecule has 39 heavy (non-hydrogen) atoms. The van der Waals surface area contributed by atoms with E-state index in [0.29, 0.717) is 17.5 Å². The Bertz CT molecular complexity index is 1130. The lowest BCUT2D eigenvalue weighted by Gasteiger charge is -2.42. The van der Waals surface area contributed by atoms with Gasteiger partial charge in [-0.05, 0) is 47.6 Å². The minimum atomic E-state index is -1.49. The summed E-state index contributed by atoms with van der Waals surface area (Å²) in [5.74, 6) is -1.16. The van der Waals surface area contributed by atoms with Crippen molar-refractivity contribution in [1.29, 1.82) is 0 Å². The van der Waals surface area contributed by atoms with Gasteiger partial charge in [-0.3, -0.25) is 0 Å². The van der Waals surface area contributed by atoms with E-state index in [0.717, 1.165) is 5.56 Å². The normalized spacial score (nSPS) is 28.5. The number of aromatic hydroxyl groups is 2. The zero-order chi connectivity index (χ0) is 28.4. The number of phenolic OH excluding ortho intramolecular Hbond substituents is 2. The van der Waals surface area contributed by atoms with Gasteiger partial charge in [-0.1, -0.05) is 0 Å². The molecule has 12 heteroatoms. The van der Waals surface area contributed by atoms with E-state index in [4.69, 9.17) is 28.4 Å². The van der Waals surface area contributed by atoms with Gasteiger partial charge >= 0.3 is 0 Å². The number of rotatable bonds is 9. The van der Waals surface area contributed by atoms with Gasteiger partial charge in [0.1, 0.15) is 18.3 Å². The quantitative estimate of drug-likeness (QED) is 0.254. The van der Waals surface area contributed by atoms with Crippen molar-refractivity contribution in [1.82, 2.24) is 0 Å². The van der Waals surface area contributed by atoms with Gasteiger partial charge in [-0.25, -0.2) is 0 Å². The number of hydrogen-bond acceptors (Lipinski definition) is 12. The summed E-state index contributed by atoms with van der Waals surface area (Å²) in [4.78, 5) is 0. The predicted molar refractivity (Wildman–Crippen MR) is 136 cm³/mol. The van der Waals surface area contributed by atoms with Crippen molar-refractivity contribution in [2.24, 2.45) is 11.8 Å². The summed E-state index contributed by atoms with van der Waals surface area (Å²) < 4.78 is 33.2. The smallest absolute Gasteiger partial charge is 0.201 e. The van der Waals surface area contributed by atoms with Gasteiger partial charge in [-0.2, -0.15) is 0 Å². The molecule has 0 aromatic heterocycles. The van der Waals surface area contributed by atoms with Crippen LogP contribution in [0.1, 0.15) is 22.6 Å². The summed E-state index contributed by atoms with van der Waals surface area (Å²) in [5.41, 5.74) is 1.99. The average molecular weight is 553 g/mol. The van der Waals surface area contributed by atoms with E-state index >= 15 is 0 Å². The monoisotopic (exact) mass is 552 g/mol. The molecular weight excluding hydrogens is 516 g/mol. The largest absolute Gasteiger partial charge is 0.502 e. The van der Waals surface area contributed by atoms with E-state index in [1.54, 1.807) is 18.2 Å². The lowest BCUT2D eigenvalue weighted by molar-refractivity contribution is -0.274. The topological polar surface area (TPSA) is 177 Å². The van der Waals surface area contributed by atoms with E-state index in [-0.39, 0.29) is 60.2 Å². The number of aliphatic hydroxyl groups is 4. The fraction of sp³-hybridized carbons (Fsp3) is 0.556. The van der Waals surface area contributed by atoms with Crippen LogP contribution in [0.2, 0.25) is 0 Å². The fourth-order valence-corrected chi connectivity index (χ4v) is 5.55. The van der Waals surface area contributed by atoms with Gasteiger partial charge < -0.3 is 59.1 Å².